The maximum atomic E-state index is 12.7. The van der Waals surface area contributed by atoms with E-state index in [1.807, 2.05) is 0 Å². The number of hydrogen-bond donors (Lipinski definition) is 6. The SMILES string of the molecule is COC(=O)[C@H](NC(=O)[C@H](CC(N)=O)NC(=O)[C@H](NC(=O)OCc1ccccc1)[C@H](C)O)[C@@H](C)O. The number of benzene rings is 1. The third-order valence-electron chi connectivity index (χ3n) is 4.52. The van der Waals surface area contributed by atoms with Crippen molar-refractivity contribution < 1.29 is 43.7 Å². The number of amides is 4. The lowest BCUT2D eigenvalue weighted by atomic mass is 10.1. The summed E-state index contributed by atoms with van der Waals surface area (Å²) in [7, 11) is 1.04. The maximum absolute atomic E-state index is 12.7. The van der Waals surface area contributed by atoms with E-state index < -0.39 is 66.5 Å². The Kier molecular flexibility index (Phi) is 11.5. The van der Waals surface area contributed by atoms with Crippen LogP contribution in [0, 0.1) is 0 Å². The van der Waals surface area contributed by atoms with Crippen LogP contribution in [0.25, 0.3) is 0 Å². The second-order valence-electron chi connectivity index (χ2n) is 7.41. The molecule has 0 radical (unpaired) electrons. The lowest BCUT2D eigenvalue weighted by molar-refractivity contribution is -0.148. The van der Waals surface area contributed by atoms with Crippen molar-refractivity contribution in [1.82, 2.24) is 16.0 Å². The van der Waals surface area contributed by atoms with Crippen molar-refractivity contribution in [3.8, 4) is 0 Å². The molecule has 0 fully saturated rings. The molecule has 0 heterocycles. The molecule has 0 aliphatic rings. The summed E-state index contributed by atoms with van der Waals surface area (Å²) >= 11 is 0. The number of ether oxygens (including phenoxy) is 2. The quantitative estimate of drug-likeness (QED) is 0.183. The summed E-state index contributed by atoms with van der Waals surface area (Å²) in [5.41, 5.74) is 5.83. The second-order valence-corrected chi connectivity index (χ2v) is 7.41. The van der Waals surface area contributed by atoms with Crippen LogP contribution in [-0.4, -0.2) is 77.4 Å². The Balaban J connectivity index is 2.87. The van der Waals surface area contributed by atoms with Crippen LogP contribution in [0.2, 0.25) is 0 Å². The molecule has 188 valence electrons. The Hall–Kier alpha value is -3.71. The predicted octanol–water partition coefficient (Wildman–Crippen LogP) is -1.94. The zero-order valence-corrected chi connectivity index (χ0v) is 19.0. The summed E-state index contributed by atoms with van der Waals surface area (Å²) in [5.74, 6) is -3.98. The number of aliphatic hydroxyl groups is 2. The van der Waals surface area contributed by atoms with Gasteiger partial charge in [-0.2, -0.15) is 0 Å². The summed E-state index contributed by atoms with van der Waals surface area (Å²) in [6.45, 7) is 2.34. The zero-order chi connectivity index (χ0) is 25.8. The zero-order valence-electron chi connectivity index (χ0n) is 19.0. The standard InChI is InChI=1S/C21H30N4O9/c1-11(26)16(25-21(32)34-10-13-7-5-4-6-8-13)19(30)23-14(9-15(22)28)18(29)24-17(12(2)27)20(31)33-3/h4-8,11-12,14,16-17,26-27H,9-10H2,1-3H3,(H2,22,28)(H,23,30)(H,24,29)(H,25,32)/t11-,12+,14-,16+,17+/m0/s1. The van der Waals surface area contributed by atoms with E-state index in [1.165, 1.54) is 13.8 Å². The van der Waals surface area contributed by atoms with Gasteiger partial charge in [-0.1, -0.05) is 30.3 Å². The van der Waals surface area contributed by atoms with Crippen molar-refractivity contribution in [2.45, 2.75) is 57.2 Å². The maximum Gasteiger partial charge on any atom is 0.408 e. The molecule has 7 N–H and O–H groups in total. The fourth-order valence-corrected chi connectivity index (χ4v) is 2.73. The molecule has 0 unspecified atom stereocenters. The van der Waals surface area contributed by atoms with Crippen LogP contribution in [0.5, 0.6) is 0 Å². The number of nitrogens with two attached hydrogens (primary N) is 1. The number of rotatable bonds is 12. The van der Waals surface area contributed by atoms with Gasteiger partial charge < -0.3 is 41.4 Å². The van der Waals surface area contributed by atoms with Crippen molar-refractivity contribution in [2.75, 3.05) is 7.11 Å². The first-order valence-electron chi connectivity index (χ1n) is 10.3. The number of hydrogen-bond acceptors (Lipinski definition) is 9. The van der Waals surface area contributed by atoms with Crippen LogP contribution in [0.15, 0.2) is 30.3 Å². The van der Waals surface area contributed by atoms with E-state index in [0.717, 1.165) is 7.11 Å². The average Bonchev–Trinajstić information content (AvgIpc) is 2.78. The summed E-state index contributed by atoms with van der Waals surface area (Å²) in [4.78, 5) is 60.6. The first kappa shape index (κ1) is 28.3. The Labute approximate surface area is 196 Å². The Bertz CT molecular complexity index is 861. The third kappa shape index (κ3) is 9.42. The van der Waals surface area contributed by atoms with Crippen LogP contribution < -0.4 is 21.7 Å². The molecule has 1 rings (SSSR count). The molecule has 0 spiro atoms. The molecular weight excluding hydrogens is 452 g/mol. The van der Waals surface area contributed by atoms with Gasteiger partial charge in [-0.15, -0.1) is 0 Å². The minimum Gasteiger partial charge on any atom is -0.467 e. The molecule has 4 amide bonds. The molecule has 0 aromatic heterocycles. The molecule has 34 heavy (non-hydrogen) atoms. The molecule has 0 aliphatic carbocycles. The number of primary amides is 1. The minimum absolute atomic E-state index is 0.0954. The summed E-state index contributed by atoms with van der Waals surface area (Å²) in [6.07, 6.45) is -4.45. The highest BCUT2D eigenvalue weighted by molar-refractivity contribution is 5.95. The normalized spacial score (nSPS) is 15.0. The lowest BCUT2D eigenvalue weighted by Gasteiger charge is -2.26. The number of carbonyl (C=O) groups excluding carboxylic acids is 5. The average molecular weight is 482 g/mol. The molecule has 13 heteroatoms. The molecule has 0 aliphatic heterocycles. The molecule has 0 saturated heterocycles. The number of aliphatic hydroxyl groups excluding tert-OH is 2. The van der Waals surface area contributed by atoms with Crippen molar-refractivity contribution in [3.05, 3.63) is 35.9 Å². The van der Waals surface area contributed by atoms with Gasteiger partial charge in [-0.3, -0.25) is 14.4 Å². The van der Waals surface area contributed by atoms with Crippen LogP contribution in [0.1, 0.15) is 25.8 Å². The molecular formula is C21H30N4O9. The third-order valence-corrected chi connectivity index (χ3v) is 4.52. The number of nitrogens with one attached hydrogen (secondary N) is 3. The van der Waals surface area contributed by atoms with E-state index in [9.17, 15) is 34.2 Å². The van der Waals surface area contributed by atoms with Crippen molar-refractivity contribution in [3.63, 3.8) is 0 Å². The lowest BCUT2D eigenvalue weighted by Crippen LogP contribution is -2.59. The Morgan fingerprint density at radius 3 is 2.00 bits per heavy atom. The fraction of sp³-hybridized carbons (Fsp3) is 0.476. The van der Waals surface area contributed by atoms with Gasteiger partial charge in [0.05, 0.1) is 25.7 Å². The first-order valence-corrected chi connectivity index (χ1v) is 10.3. The van der Waals surface area contributed by atoms with Gasteiger partial charge in [0.1, 0.15) is 18.7 Å². The highest BCUT2D eigenvalue weighted by Crippen LogP contribution is 2.04. The number of esters is 1. The van der Waals surface area contributed by atoms with Crippen LogP contribution in [0.4, 0.5) is 4.79 Å². The highest BCUT2D eigenvalue weighted by atomic mass is 16.5. The van der Waals surface area contributed by atoms with Crippen LogP contribution in [-0.2, 0) is 35.3 Å². The smallest absolute Gasteiger partial charge is 0.408 e. The van der Waals surface area contributed by atoms with Gasteiger partial charge in [-0.05, 0) is 19.4 Å². The van der Waals surface area contributed by atoms with Gasteiger partial charge in [-0.25, -0.2) is 9.59 Å². The summed E-state index contributed by atoms with van der Waals surface area (Å²) in [5, 5.41) is 26.2. The second kappa shape index (κ2) is 13.7. The Morgan fingerprint density at radius 2 is 1.50 bits per heavy atom. The van der Waals surface area contributed by atoms with E-state index in [2.05, 4.69) is 20.7 Å². The van der Waals surface area contributed by atoms with Crippen LogP contribution in [0.3, 0.4) is 0 Å². The summed E-state index contributed by atoms with van der Waals surface area (Å²) in [6, 6.07) is 4.08. The predicted molar refractivity (Wildman–Crippen MR) is 117 cm³/mol. The molecule has 0 bridgehead atoms. The van der Waals surface area contributed by atoms with Gasteiger partial charge in [0, 0.05) is 0 Å². The van der Waals surface area contributed by atoms with E-state index in [-0.39, 0.29) is 6.61 Å². The first-order chi connectivity index (χ1) is 16.0. The van der Waals surface area contributed by atoms with Gasteiger partial charge in [0.25, 0.3) is 0 Å². The van der Waals surface area contributed by atoms with Crippen molar-refractivity contribution in [1.29, 1.82) is 0 Å². The van der Waals surface area contributed by atoms with Crippen molar-refractivity contribution in [2.24, 2.45) is 5.73 Å². The largest absolute Gasteiger partial charge is 0.467 e. The Morgan fingerprint density at radius 1 is 0.912 bits per heavy atom. The molecule has 1 aromatic rings. The van der Waals surface area contributed by atoms with E-state index >= 15 is 0 Å². The van der Waals surface area contributed by atoms with Gasteiger partial charge in [0.15, 0.2) is 6.04 Å². The molecule has 5 atom stereocenters. The van der Waals surface area contributed by atoms with Crippen LogP contribution >= 0.6 is 0 Å². The number of methoxy groups -OCH3 is 1. The molecule has 1 aromatic carbocycles. The van der Waals surface area contributed by atoms with Crippen molar-refractivity contribution >= 4 is 29.8 Å². The fourth-order valence-electron chi connectivity index (χ4n) is 2.73. The summed E-state index contributed by atoms with van der Waals surface area (Å²) < 4.78 is 9.52. The topological polar surface area (TPSA) is 206 Å². The van der Waals surface area contributed by atoms with Gasteiger partial charge >= 0.3 is 12.1 Å². The number of carbonyl (C=O) groups is 5. The highest BCUT2D eigenvalue weighted by Gasteiger charge is 2.34. The monoisotopic (exact) mass is 482 g/mol. The van der Waals surface area contributed by atoms with E-state index in [4.69, 9.17) is 10.5 Å². The van der Waals surface area contributed by atoms with Gasteiger partial charge in [0.2, 0.25) is 17.7 Å². The van der Waals surface area contributed by atoms with E-state index in [1.54, 1.807) is 30.3 Å². The minimum atomic E-state index is -1.58. The molecule has 13 nitrogen and oxygen atoms in total. The van der Waals surface area contributed by atoms with E-state index in [0.29, 0.717) is 5.56 Å². The number of alkyl carbamates (subject to hydrolysis) is 1. The molecule has 0 saturated carbocycles.